The van der Waals surface area contributed by atoms with Crippen LogP contribution in [0.25, 0.3) is 0 Å². The van der Waals surface area contributed by atoms with E-state index in [0.29, 0.717) is 0 Å². The van der Waals surface area contributed by atoms with Crippen LogP contribution in [0.4, 0.5) is 5.88 Å². The summed E-state index contributed by atoms with van der Waals surface area (Å²) in [7, 11) is 0. The van der Waals surface area contributed by atoms with Crippen molar-refractivity contribution in [3.05, 3.63) is 28.0 Å². The van der Waals surface area contributed by atoms with Gasteiger partial charge in [0, 0.05) is 12.1 Å². The molecular weight excluding hydrogens is 238 g/mol. The Morgan fingerprint density at radius 2 is 2.17 bits per heavy atom. The van der Waals surface area contributed by atoms with Crippen molar-refractivity contribution in [1.29, 1.82) is 0 Å². The summed E-state index contributed by atoms with van der Waals surface area (Å²) in [4.78, 5) is 21.6. The van der Waals surface area contributed by atoms with Crippen LogP contribution in [0.1, 0.15) is 36.2 Å². The van der Waals surface area contributed by atoms with Gasteiger partial charge in [0.05, 0.1) is 6.07 Å². The van der Waals surface area contributed by atoms with Crippen LogP contribution in [0.3, 0.4) is 0 Å². The number of nitrogens with one attached hydrogen (secondary N) is 1. The zero-order valence-corrected chi connectivity index (χ0v) is 9.80. The van der Waals surface area contributed by atoms with Gasteiger partial charge < -0.3 is 15.5 Å². The van der Waals surface area contributed by atoms with Crippen LogP contribution in [0.15, 0.2) is 16.5 Å². The Kier molecular flexibility index (Phi) is 3.61. The minimum Gasteiger partial charge on any atom is -0.395 e. The highest BCUT2D eigenvalue weighted by atomic mass is 16.6. The van der Waals surface area contributed by atoms with Crippen molar-refractivity contribution >= 4 is 11.8 Å². The lowest BCUT2D eigenvalue weighted by Gasteiger charge is -2.28. The minimum absolute atomic E-state index is 0.0560. The van der Waals surface area contributed by atoms with Gasteiger partial charge in [-0.15, -0.1) is 0 Å². The van der Waals surface area contributed by atoms with Gasteiger partial charge in [0.1, 0.15) is 4.92 Å². The van der Waals surface area contributed by atoms with E-state index in [-0.39, 0.29) is 17.8 Å². The van der Waals surface area contributed by atoms with Crippen molar-refractivity contribution in [2.24, 2.45) is 5.73 Å². The fourth-order valence-electron chi connectivity index (χ4n) is 2.13. The van der Waals surface area contributed by atoms with Crippen LogP contribution in [-0.2, 0) is 0 Å². The first-order valence-corrected chi connectivity index (χ1v) is 5.88. The van der Waals surface area contributed by atoms with Crippen molar-refractivity contribution in [1.82, 2.24) is 5.32 Å². The first-order valence-electron chi connectivity index (χ1n) is 5.88. The second-order valence-corrected chi connectivity index (χ2v) is 4.42. The monoisotopic (exact) mass is 253 g/mol. The molecule has 18 heavy (non-hydrogen) atoms. The molecule has 98 valence electrons. The molecule has 1 heterocycles. The van der Waals surface area contributed by atoms with Crippen molar-refractivity contribution < 1.29 is 14.1 Å². The van der Waals surface area contributed by atoms with Crippen LogP contribution >= 0.6 is 0 Å². The summed E-state index contributed by atoms with van der Waals surface area (Å²) in [6.45, 7) is 0. The summed E-state index contributed by atoms with van der Waals surface area (Å²) in [5, 5.41) is 13.2. The average Bonchev–Trinajstić information content (AvgIpc) is 2.81. The topological polar surface area (TPSA) is 111 Å². The average molecular weight is 253 g/mol. The number of carbonyl (C=O) groups excluding carboxylic acids is 1. The highest BCUT2D eigenvalue weighted by molar-refractivity contribution is 5.91. The third-order valence-corrected chi connectivity index (χ3v) is 3.13. The van der Waals surface area contributed by atoms with Gasteiger partial charge in [0.15, 0.2) is 5.76 Å². The quantitative estimate of drug-likeness (QED) is 0.620. The Morgan fingerprint density at radius 3 is 2.78 bits per heavy atom. The molecule has 0 bridgehead atoms. The Morgan fingerprint density at radius 1 is 1.44 bits per heavy atom. The fraction of sp³-hybridized carbons (Fsp3) is 0.545. The summed E-state index contributed by atoms with van der Waals surface area (Å²) in [5.74, 6) is -0.946. The van der Waals surface area contributed by atoms with E-state index >= 15 is 0 Å². The molecule has 1 aromatic rings. The molecular formula is C11H15N3O4. The molecule has 1 aliphatic carbocycles. The van der Waals surface area contributed by atoms with E-state index in [1.54, 1.807) is 0 Å². The maximum atomic E-state index is 11.8. The number of amides is 1. The van der Waals surface area contributed by atoms with Crippen molar-refractivity contribution in [3.8, 4) is 0 Å². The highest BCUT2D eigenvalue weighted by Crippen LogP contribution is 2.19. The van der Waals surface area contributed by atoms with Gasteiger partial charge >= 0.3 is 5.88 Å². The van der Waals surface area contributed by atoms with Gasteiger partial charge in [-0.25, -0.2) is 0 Å². The van der Waals surface area contributed by atoms with Crippen LogP contribution in [-0.4, -0.2) is 22.9 Å². The molecule has 0 aromatic carbocycles. The summed E-state index contributed by atoms with van der Waals surface area (Å²) in [5.41, 5.74) is 5.91. The zero-order chi connectivity index (χ0) is 13.1. The van der Waals surface area contributed by atoms with Crippen LogP contribution in [0, 0.1) is 10.1 Å². The molecule has 0 radical (unpaired) electrons. The standard InChI is InChI=1S/C11H15N3O4/c12-7-3-1-2-4-8(7)13-11(15)9-5-6-10(18-9)14(16)17/h5-8H,1-4,12H2,(H,13,15)/t7-,8-/m1/s1. The zero-order valence-electron chi connectivity index (χ0n) is 9.80. The molecule has 1 aliphatic rings. The lowest BCUT2D eigenvalue weighted by molar-refractivity contribution is -0.402. The molecule has 2 atom stereocenters. The lowest BCUT2D eigenvalue weighted by atomic mass is 9.91. The second-order valence-electron chi connectivity index (χ2n) is 4.42. The number of carbonyl (C=O) groups is 1. The molecule has 0 saturated heterocycles. The van der Waals surface area contributed by atoms with Crippen molar-refractivity contribution in [3.63, 3.8) is 0 Å². The van der Waals surface area contributed by atoms with Gasteiger partial charge in [-0.1, -0.05) is 12.8 Å². The number of hydrogen-bond donors (Lipinski definition) is 2. The molecule has 1 fully saturated rings. The van der Waals surface area contributed by atoms with E-state index in [0.717, 1.165) is 31.7 Å². The Balaban J connectivity index is 2.00. The molecule has 7 nitrogen and oxygen atoms in total. The number of rotatable bonds is 3. The number of nitrogens with zero attached hydrogens (tertiary/aromatic N) is 1. The number of nitrogens with two attached hydrogens (primary N) is 1. The van der Waals surface area contributed by atoms with Crippen molar-refractivity contribution in [2.45, 2.75) is 37.8 Å². The largest absolute Gasteiger partial charge is 0.433 e. The van der Waals surface area contributed by atoms with Gasteiger partial charge in [-0.3, -0.25) is 14.9 Å². The Bertz CT molecular complexity index is 457. The Hall–Kier alpha value is -1.89. The SMILES string of the molecule is N[C@@H]1CCCC[C@H]1NC(=O)c1ccc([N+](=O)[O-])o1. The van der Waals surface area contributed by atoms with Crippen LogP contribution in [0.2, 0.25) is 0 Å². The van der Waals surface area contributed by atoms with E-state index in [9.17, 15) is 14.9 Å². The molecule has 1 saturated carbocycles. The van der Waals surface area contributed by atoms with Crippen LogP contribution in [0.5, 0.6) is 0 Å². The fourth-order valence-corrected chi connectivity index (χ4v) is 2.13. The second kappa shape index (κ2) is 5.18. The normalized spacial score (nSPS) is 23.6. The first-order chi connectivity index (χ1) is 8.58. The van der Waals surface area contributed by atoms with Crippen molar-refractivity contribution in [2.75, 3.05) is 0 Å². The van der Waals surface area contributed by atoms with Gasteiger partial charge in [0.2, 0.25) is 0 Å². The molecule has 2 rings (SSSR count). The Labute approximate surface area is 103 Å². The maximum absolute atomic E-state index is 11.8. The van der Waals surface area contributed by atoms with Crippen LogP contribution < -0.4 is 11.1 Å². The summed E-state index contributed by atoms with van der Waals surface area (Å²) in [6.07, 6.45) is 3.80. The van der Waals surface area contributed by atoms with Gasteiger partial charge in [0.25, 0.3) is 5.91 Å². The molecule has 7 heteroatoms. The highest BCUT2D eigenvalue weighted by Gasteiger charge is 2.25. The molecule has 1 amide bonds. The molecule has 3 N–H and O–H groups in total. The van der Waals surface area contributed by atoms with Gasteiger partial charge in [-0.05, 0) is 18.9 Å². The molecule has 1 aromatic heterocycles. The third-order valence-electron chi connectivity index (χ3n) is 3.13. The predicted octanol–water partition coefficient (Wildman–Crippen LogP) is 1.19. The van der Waals surface area contributed by atoms with E-state index in [4.69, 9.17) is 10.2 Å². The maximum Gasteiger partial charge on any atom is 0.433 e. The smallest absolute Gasteiger partial charge is 0.395 e. The first kappa shape index (κ1) is 12.6. The van der Waals surface area contributed by atoms with E-state index in [1.807, 2.05) is 0 Å². The van der Waals surface area contributed by atoms with Gasteiger partial charge in [-0.2, -0.15) is 0 Å². The van der Waals surface area contributed by atoms with E-state index < -0.39 is 16.7 Å². The van der Waals surface area contributed by atoms with E-state index in [1.165, 1.54) is 6.07 Å². The summed E-state index contributed by atoms with van der Waals surface area (Å²) < 4.78 is 4.83. The number of nitro groups is 1. The molecule has 0 aliphatic heterocycles. The summed E-state index contributed by atoms with van der Waals surface area (Å²) in [6, 6.07) is 2.31. The lowest BCUT2D eigenvalue weighted by Crippen LogP contribution is -2.49. The molecule has 0 unspecified atom stereocenters. The minimum atomic E-state index is -0.677. The predicted molar refractivity (Wildman–Crippen MR) is 63.1 cm³/mol. The van der Waals surface area contributed by atoms with E-state index in [2.05, 4.69) is 5.32 Å². The molecule has 0 spiro atoms. The third kappa shape index (κ3) is 2.67. The number of furan rings is 1. The summed E-state index contributed by atoms with van der Waals surface area (Å²) >= 11 is 0. The number of hydrogen-bond acceptors (Lipinski definition) is 5.